The maximum atomic E-state index is 11.5. The highest BCUT2D eigenvalue weighted by atomic mass is 35.5. The minimum atomic E-state index is -0.905. The molecule has 0 bridgehead atoms. The highest BCUT2D eigenvalue weighted by molar-refractivity contribution is 6.34. The van der Waals surface area contributed by atoms with Crippen LogP contribution in [0.3, 0.4) is 0 Å². The standard InChI is InChI=1S/C14H11Cl2NO2/c15-10-6-7-11(16)12(8-10)19-13(14(17)18)9-4-2-1-3-5-9/h1-8,13H,(H2,17,18). The summed E-state index contributed by atoms with van der Waals surface area (Å²) in [6.45, 7) is 0. The second-order valence-electron chi connectivity index (χ2n) is 3.89. The van der Waals surface area contributed by atoms with Gasteiger partial charge in [-0.3, -0.25) is 4.79 Å². The van der Waals surface area contributed by atoms with Crippen LogP contribution in [-0.4, -0.2) is 5.91 Å². The molecule has 0 heterocycles. The molecule has 0 fully saturated rings. The zero-order chi connectivity index (χ0) is 13.8. The fourth-order valence-electron chi connectivity index (χ4n) is 1.61. The van der Waals surface area contributed by atoms with E-state index >= 15 is 0 Å². The van der Waals surface area contributed by atoms with Gasteiger partial charge in [0.25, 0.3) is 5.91 Å². The molecule has 0 saturated carbocycles. The summed E-state index contributed by atoms with van der Waals surface area (Å²) in [6, 6.07) is 13.7. The molecule has 3 nitrogen and oxygen atoms in total. The van der Waals surface area contributed by atoms with Crippen molar-refractivity contribution in [2.45, 2.75) is 6.10 Å². The highest BCUT2D eigenvalue weighted by Crippen LogP contribution is 2.31. The molecule has 0 spiro atoms. The van der Waals surface area contributed by atoms with Gasteiger partial charge in [-0.05, 0) is 12.1 Å². The molecule has 0 aliphatic carbocycles. The van der Waals surface area contributed by atoms with Gasteiger partial charge in [-0.15, -0.1) is 0 Å². The first-order chi connectivity index (χ1) is 9.08. The van der Waals surface area contributed by atoms with Crippen LogP contribution in [0.5, 0.6) is 5.75 Å². The summed E-state index contributed by atoms with van der Waals surface area (Å²) in [5.41, 5.74) is 6.02. The average molecular weight is 296 g/mol. The maximum absolute atomic E-state index is 11.5. The molecule has 5 heteroatoms. The lowest BCUT2D eigenvalue weighted by atomic mass is 10.1. The Morgan fingerprint density at radius 2 is 1.79 bits per heavy atom. The zero-order valence-corrected chi connectivity index (χ0v) is 11.4. The van der Waals surface area contributed by atoms with Crippen LogP contribution in [0.25, 0.3) is 0 Å². The molecule has 2 aromatic carbocycles. The number of carbonyl (C=O) groups is 1. The Morgan fingerprint density at radius 3 is 2.42 bits per heavy atom. The lowest BCUT2D eigenvalue weighted by Gasteiger charge is -2.17. The molecule has 1 unspecified atom stereocenters. The molecular formula is C14H11Cl2NO2. The van der Waals surface area contributed by atoms with Gasteiger partial charge in [0.05, 0.1) is 5.02 Å². The molecule has 0 saturated heterocycles. The largest absolute Gasteiger partial charge is 0.474 e. The van der Waals surface area contributed by atoms with Crippen LogP contribution in [0.1, 0.15) is 11.7 Å². The first-order valence-corrected chi connectivity index (χ1v) is 6.29. The van der Waals surface area contributed by atoms with Crippen molar-refractivity contribution in [2.75, 3.05) is 0 Å². The Morgan fingerprint density at radius 1 is 1.11 bits per heavy atom. The van der Waals surface area contributed by atoms with E-state index in [9.17, 15) is 4.79 Å². The average Bonchev–Trinajstić information content (AvgIpc) is 2.40. The molecule has 1 amide bonds. The van der Waals surface area contributed by atoms with Crippen LogP contribution in [0.4, 0.5) is 0 Å². The number of carbonyl (C=O) groups excluding carboxylic acids is 1. The number of hydrogen-bond donors (Lipinski definition) is 1. The van der Waals surface area contributed by atoms with Crippen molar-refractivity contribution in [3.63, 3.8) is 0 Å². The van der Waals surface area contributed by atoms with Gasteiger partial charge in [0.1, 0.15) is 5.75 Å². The predicted molar refractivity (Wildman–Crippen MR) is 75.5 cm³/mol. The number of primary amides is 1. The summed E-state index contributed by atoms with van der Waals surface area (Å²) in [5, 5.41) is 0.835. The molecule has 2 N–H and O–H groups in total. The summed E-state index contributed by atoms with van der Waals surface area (Å²) < 4.78 is 5.58. The number of benzene rings is 2. The molecule has 98 valence electrons. The molecule has 19 heavy (non-hydrogen) atoms. The molecule has 0 aliphatic rings. The van der Waals surface area contributed by atoms with Crippen molar-refractivity contribution in [1.82, 2.24) is 0 Å². The smallest absolute Gasteiger partial charge is 0.263 e. The van der Waals surface area contributed by atoms with Crippen molar-refractivity contribution in [3.8, 4) is 5.75 Å². The summed E-state index contributed by atoms with van der Waals surface area (Å²) in [5.74, 6) is -0.274. The molecule has 0 aromatic heterocycles. The van der Waals surface area contributed by atoms with Crippen LogP contribution in [-0.2, 0) is 4.79 Å². The van der Waals surface area contributed by atoms with Crippen molar-refractivity contribution >= 4 is 29.1 Å². The third kappa shape index (κ3) is 3.40. The number of nitrogens with two attached hydrogens (primary N) is 1. The van der Waals surface area contributed by atoms with Crippen LogP contribution in [0.15, 0.2) is 48.5 Å². The monoisotopic (exact) mass is 295 g/mol. The van der Waals surface area contributed by atoms with E-state index in [1.54, 1.807) is 42.5 Å². The van der Waals surface area contributed by atoms with Crippen molar-refractivity contribution in [2.24, 2.45) is 5.73 Å². The highest BCUT2D eigenvalue weighted by Gasteiger charge is 2.20. The SMILES string of the molecule is NC(=O)C(Oc1cc(Cl)ccc1Cl)c1ccccc1. The Kier molecular flexibility index (Phi) is 4.30. The van der Waals surface area contributed by atoms with Gasteiger partial charge in [-0.1, -0.05) is 53.5 Å². The second-order valence-corrected chi connectivity index (χ2v) is 4.73. The van der Waals surface area contributed by atoms with E-state index in [-0.39, 0.29) is 0 Å². The van der Waals surface area contributed by atoms with E-state index in [4.69, 9.17) is 33.7 Å². The minimum absolute atomic E-state index is 0.321. The molecule has 1 atom stereocenters. The summed E-state index contributed by atoms with van der Waals surface area (Å²) >= 11 is 11.9. The Labute approximate surface area is 120 Å². The number of hydrogen-bond acceptors (Lipinski definition) is 2. The van der Waals surface area contributed by atoms with Crippen LogP contribution >= 0.6 is 23.2 Å². The number of halogens is 2. The number of amides is 1. The lowest BCUT2D eigenvalue weighted by molar-refractivity contribution is -0.125. The Bertz CT molecular complexity index is 587. The molecular weight excluding hydrogens is 285 g/mol. The van der Waals surface area contributed by atoms with E-state index in [1.807, 2.05) is 6.07 Å². The second kappa shape index (κ2) is 5.95. The third-order valence-corrected chi connectivity index (χ3v) is 3.05. The van der Waals surface area contributed by atoms with Crippen molar-refractivity contribution < 1.29 is 9.53 Å². The van der Waals surface area contributed by atoms with Gasteiger partial charge in [-0.25, -0.2) is 0 Å². The lowest BCUT2D eigenvalue weighted by Crippen LogP contribution is -2.26. The Hall–Kier alpha value is -1.71. The summed E-state index contributed by atoms with van der Waals surface area (Å²) in [6.07, 6.45) is -0.905. The molecule has 2 rings (SSSR count). The quantitative estimate of drug-likeness (QED) is 0.937. The van der Waals surface area contributed by atoms with Gasteiger partial charge < -0.3 is 10.5 Å². The van der Waals surface area contributed by atoms with E-state index in [0.717, 1.165) is 0 Å². The van der Waals surface area contributed by atoms with Crippen LogP contribution < -0.4 is 10.5 Å². The third-order valence-electron chi connectivity index (χ3n) is 2.50. The first kappa shape index (κ1) is 13.7. The Balaban J connectivity index is 2.32. The van der Waals surface area contributed by atoms with Gasteiger partial charge in [0.15, 0.2) is 0 Å². The van der Waals surface area contributed by atoms with E-state index < -0.39 is 12.0 Å². The van der Waals surface area contributed by atoms with E-state index in [1.165, 1.54) is 0 Å². The van der Waals surface area contributed by atoms with Gasteiger partial charge in [0, 0.05) is 16.7 Å². The normalized spacial score (nSPS) is 11.9. The first-order valence-electron chi connectivity index (χ1n) is 5.54. The maximum Gasteiger partial charge on any atom is 0.263 e. The molecule has 2 aromatic rings. The fraction of sp³-hybridized carbons (Fsp3) is 0.0714. The van der Waals surface area contributed by atoms with E-state index in [0.29, 0.717) is 21.4 Å². The summed E-state index contributed by atoms with van der Waals surface area (Å²) in [7, 11) is 0. The van der Waals surface area contributed by atoms with Gasteiger partial charge in [0.2, 0.25) is 6.10 Å². The minimum Gasteiger partial charge on any atom is -0.474 e. The summed E-state index contributed by atoms with van der Waals surface area (Å²) in [4.78, 5) is 11.5. The fourth-order valence-corrected chi connectivity index (χ4v) is 1.94. The van der Waals surface area contributed by atoms with Crippen molar-refractivity contribution in [3.05, 3.63) is 64.1 Å². The topological polar surface area (TPSA) is 52.3 Å². The molecule has 0 radical (unpaired) electrons. The van der Waals surface area contributed by atoms with Gasteiger partial charge >= 0.3 is 0 Å². The number of ether oxygens (including phenoxy) is 1. The van der Waals surface area contributed by atoms with Crippen molar-refractivity contribution in [1.29, 1.82) is 0 Å². The van der Waals surface area contributed by atoms with E-state index in [2.05, 4.69) is 0 Å². The molecule has 0 aliphatic heterocycles. The zero-order valence-electron chi connectivity index (χ0n) is 9.85. The predicted octanol–water partition coefficient (Wildman–Crippen LogP) is 3.60. The van der Waals surface area contributed by atoms with Crippen LogP contribution in [0, 0.1) is 0 Å². The number of rotatable bonds is 4. The van der Waals surface area contributed by atoms with Crippen LogP contribution in [0.2, 0.25) is 10.0 Å². The van der Waals surface area contributed by atoms with Gasteiger partial charge in [-0.2, -0.15) is 0 Å².